The fraction of sp³-hybridized carbons (Fsp3) is 0.242. The predicted molar refractivity (Wildman–Crippen MR) is 177 cm³/mol. The van der Waals surface area contributed by atoms with E-state index in [0.29, 0.717) is 29.2 Å². The molecule has 0 bridgehead atoms. The molecule has 1 atom stereocenters. The summed E-state index contributed by atoms with van der Waals surface area (Å²) in [7, 11) is -1.17. The number of rotatable bonds is 12. The Kier molecular flexibility index (Phi) is 10.7. The molecule has 0 saturated heterocycles. The zero-order chi connectivity index (χ0) is 32.9. The minimum atomic E-state index is -4.50. The van der Waals surface area contributed by atoms with Gasteiger partial charge in [0.25, 0.3) is 21.8 Å². The lowest BCUT2D eigenvalue weighted by atomic mass is 10.0. The van der Waals surface area contributed by atoms with Crippen molar-refractivity contribution in [2.45, 2.75) is 43.7 Å². The van der Waals surface area contributed by atoms with E-state index in [-0.39, 0.29) is 45.1 Å². The van der Waals surface area contributed by atoms with Crippen molar-refractivity contribution in [1.82, 2.24) is 10.2 Å². The zero-order valence-electron chi connectivity index (χ0n) is 25.0. The first-order chi connectivity index (χ1) is 21.3. The van der Waals surface area contributed by atoms with E-state index in [1.54, 1.807) is 68.7 Å². The highest BCUT2D eigenvalue weighted by Gasteiger charge is 2.37. The fourth-order valence-electron chi connectivity index (χ4n) is 4.98. The van der Waals surface area contributed by atoms with Crippen LogP contribution in [0.25, 0.3) is 10.8 Å². The van der Waals surface area contributed by atoms with Crippen molar-refractivity contribution in [1.29, 1.82) is 0 Å². The molecule has 236 valence electrons. The number of sulfonamides is 1. The third kappa shape index (κ3) is 7.58. The highest BCUT2D eigenvalue weighted by molar-refractivity contribution is 7.93. The van der Waals surface area contributed by atoms with Crippen LogP contribution >= 0.6 is 23.2 Å². The largest absolute Gasteiger partial charge is 0.480 e. The molecule has 0 saturated carbocycles. The van der Waals surface area contributed by atoms with Crippen molar-refractivity contribution in [2.24, 2.45) is 0 Å². The molecule has 0 fully saturated rings. The highest BCUT2D eigenvalue weighted by Crippen LogP contribution is 2.36. The molecule has 1 unspecified atom stereocenters. The van der Waals surface area contributed by atoms with Crippen LogP contribution in [0.1, 0.15) is 52.5 Å². The van der Waals surface area contributed by atoms with Crippen LogP contribution in [0.15, 0.2) is 83.8 Å². The molecule has 2 N–H and O–H groups in total. The molecule has 4 rings (SSSR count). The first kappa shape index (κ1) is 33.8. The lowest BCUT2D eigenvalue weighted by Gasteiger charge is -2.31. The minimum Gasteiger partial charge on any atom is -0.480 e. The molecule has 0 aliphatic carbocycles. The molecular weight excluding hydrogens is 637 g/mol. The van der Waals surface area contributed by atoms with E-state index in [2.05, 4.69) is 5.32 Å². The first-order valence-electron chi connectivity index (χ1n) is 14.2. The van der Waals surface area contributed by atoms with Crippen molar-refractivity contribution in [3.05, 3.63) is 106 Å². The summed E-state index contributed by atoms with van der Waals surface area (Å²) in [5.74, 6) is -1.86. The van der Waals surface area contributed by atoms with Gasteiger partial charge in [0.1, 0.15) is 6.04 Å². The van der Waals surface area contributed by atoms with Crippen LogP contribution in [0.3, 0.4) is 0 Å². The Hall–Kier alpha value is -4.12. The van der Waals surface area contributed by atoms with Gasteiger partial charge in [0.05, 0.1) is 10.6 Å². The molecule has 0 spiro atoms. The van der Waals surface area contributed by atoms with Gasteiger partial charge in [-0.15, -0.1) is 0 Å². The Labute approximate surface area is 272 Å². The van der Waals surface area contributed by atoms with Gasteiger partial charge in [-0.3, -0.25) is 13.9 Å². The average molecular weight is 671 g/mol. The summed E-state index contributed by atoms with van der Waals surface area (Å²) in [5, 5.41) is 14.1. The zero-order valence-corrected chi connectivity index (χ0v) is 27.3. The molecular formula is C33H33Cl2N3O6S. The molecule has 4 aromatic carbocycles. The van der Waals surface area contributed by atoms with Gasteiger partial charge in [0.2, 0.25) is 0 Å². The maximum absolute atomic E-state index is 14.2. The van der Waals surface area contributed by atoms with Crippen molar-refractivity contribution in [3.8, 4) is 0 Å². The van der Waals surface area contributed by atoms with Crippen LogP contribution in [0.4, 0.5) is 5.69 Å². The van der Waals surface area contributed by atoms with Gasteiger partial charge in [-0.1, -0.05) is 79.4 Å². The Morgan fingerprint density at radius 2 is 1.51 bits per heavy atom. The Balaban J connectivity index is 1.76. The van der Waals surface area contributed by atoms with Gasteiger partial charge in [-0.05, 0) is 59.8 Å². The number of nitrogens with one attached hydrogen (secondary N) is 1. The second kappa shape index (κ2) is 14.3. The SMILES string of the molecule is CCCCC(C(=O)O)N(c1cccc2c(C(=O)NCc3ccc(C(=O)N(C)C)cc3)cccc12)S(=O)(=O)c1cc(Cl)cc(Cl)c1. The average Bonchev–Trinajstić information content (AvgIpc) is 3.00. The number of benzene rings is 4. The monoisotopic (exact) mass is 669 g/mol. The van der Waals surface area contributed by atoms with Gasteiger partial charge in [-0.2, -0.15) is 0 Å². The normalized spacial score (nSPS) is 12.0. The number of halogens is 2. The Morgan fingerprint density at radius 3 is 2.11 bits per heavy atom. The fourth-order valence-corrected chi connectivity index (χ4v) is 7.36. The number of hydrogen-bond acceptors (Lipinski definition) is 5. The number of unbranched alkanes of at least 4 members (excludes halogenated alkanes) is 1. The summed E-state index contributed by atoms with van der Waals surface area (Å²) in [4.78, 5) is 39.4. The number of nitrogens with zero attached hydrogens (tertiary/aromatic N) is 2. The van der Waals surface area contributed by atoms with Crippen LogP contribution in [-0.4, -0.2) is 56.3 Å². The number of hydrogen-bond donors (Lipinski definition) is 2. The maximum atomic E-state index is 14.2. The second-order valence-electron chi connectivity index (χ2n) is 10.7. The smallest absolute Gasteiger partial charge is 0.327 e. The number of aliphatic carboxylic acids is 1. The maximum Gasteiger partial charge on any atom is 0.327 e. The van der Waals surface area contributed by atoms with Crippen LogP contribution in [0.5, 0.6) is 0 Å². The summed E-state index contributed by atoms with van der Waals surface area (Å²) in [6.45, 7) is 2.06. The number of anilines is 1. The number of carbonyl (C=O) groups excluding carboxylic acids is 2. The van der Waals surface area contributed by atoms with Crippen molar-refractivity contribution < 1.29 is 27.9 Å². The standard InChI is InChI=1S/C33H33Cl2N3O6S/c1-4-5-11-30(33(41)42)38(45(43,44)25-18-23(34)17-24(35)19-25)29-12-7-8-26-27(29)9-6-10-28(26)31(39)36-20-21-13-15-22(16-14-21)32(40)37(2)3/h6-10,12-19,30H,4-5,11,20H2,1-3H3,(H,36,39)(H,41,42). The van der Waals surface area contributed by atoms with E-state index in [1.807, 2.05) is 6.92 Å². The molecule has 0 heterocycles. The highest BCUT2D eigenvalue weighted by atomic mass is 35.5. The minimum absolute atomic E-state index is 0.0505. The topological polar surface area (TPSA) is 124 Å². The predicted octanol–water partition coefficient (Wildman–Crippen LogP) is 6.62. The summed E-state index contributed by atoms with van der Waals surface area (Å²) in [6, 6.07) is 18.9. The molecule has 0 radical (unpaired) electrons. The van der Waals surface area contributed by atoms with E-state index < -0.39 is 27.9 Å². The molecule has 0 aliphatic heterocycles. The number of carboxylic acids is 1. The van der Waals surface area contributed by atoms with Crippen LogP contribution in [-0.2, 0) is 21.4 Å². The molecule has 9 nitrogen and oxygen atoms in total. The number of fused-ring (bicyclic) bond motifs is 1. The molecule has 2 amide bonds. The summed E-state index contributed by atoms with van der Waals surface area (Å²) in [6.07, 6.45) is 1.16. The van der Waals surface area contributed by atoms with E-state index in [0.717, 1.165) is 9.87 Å². The van der Waals surface area contributed by atoms with E-state index in [9.17, 15) is 27.9 Å². The van der Waals surface area contributed by atoms with Crippen LogP contribution in [0.2, 0.25) is 10.0 Å². The molecule has 4 aromatic rings. The van der Waals surface area contributed by atoms with Gasteiger partial charge >= 0.3 is 5.97 Å². The second-order valence-corrected chi connectivity index (χ2v) is 13.3. The third-order valence-electron chi connectivity index (χ3n) is 7.23. The number of amides is 2. The Morgan fingerprint density at radius 1 is 0.889 bits per heavy atom. The molecule has 12 heteroatoms. The third-order valence-corrected chi connectivity index (χ3v) is 9.47. The lowest BCUT2D eigenvalue weighted by molar-refractivity contribution is -0.138. The molecule has 45 heavy (non-hydrogen) atoms. The number of carboxylic acid groups (broad SMARTS) is 1. The van der Waals surface area contributed by atoms with Crippen LogP contribution in [0, 0.1) is 0 Å². The quantitative estimate of drug-likeness (QED) is 0.175. The van der Waals surface area contributed by atoms with Gasteiger partial charge in [0, 0.05) is 47.2 Å². The van der Waals surface area contributed by atoms with Gasteiger partial charge in [-0.25, -0.2) is 13.2 Å². The van der Waals surface area contributed by atoms with E-state index in [4.69, 9.17) is 23.2 Å². The molecule has 0 aliphatic rings. The van der Waals surface area contributed by atoms with E-state index >= 15 is 0 Å². The summed E-state index contributed by atoms with van der Waals surface area (Å²) < 4.78 is 29.3. The molecule has 0 aromatic heterocycles. The summed E-state index contributed by atoms with van der Waals surface area (Å²) >= 11 is 12.3. The number of carbonyl (C=O) groups is 3. The first-order valence-corrected chi connectivity index (χ1v) is 16.4. The van der Waals surface area contributed by atoms with Gasteiger partial charge < -0.3 is 15.3 Å². The van der Waals surface area contributed by atoms with Gasteiger partial charge in [0.15, 0.2) is 0 Å². The lowest BCUT2D eigenvalue weighted by Crippen LogP contribution is -2.45. The van der Waals surface area contributed by atoms with Crippen LogP contribution < -0.4 is 9.62 Å². The summed E-state index contributed by atoms with van der Waals surface area (Å²) in [5.41, 5.74) is 1.67. The van der Waals surface area contributed by atoms with E-state index in [1.165, 1.54) is 29.2 Å². The Bertz CT molecular complexity index is 1830. The van der Waals surface area contributed by atoms with Crippen molar-refractivity contribution >= 4 is 67.5 Å². The van der Waals surface area contributed by atoms with Crippen molar-refractivity contribution in [3.63, 3.8) is 0 Å². The van der Waals surface area contributed by atoms with Crippen molar-refractivity contribution in [2.75, 3.05) is 18.4 Å².